The third-order valence-corrected chi connectivity index (χ3v) is 6.24. The monoisotopic (exact) mass is 417 g/mol. The SMILES string of the molecule is Cc1ccc2c3c(ccc2n1)OC[C@H](CNCCCCN1CCCc2ccccc21)O3. The summed E-state index contributed by atoms with van der Waals surface area (Å²) in [4.78, 5) is 7.15. The molecule has 2 aromatic carbocycles. The Morgan fingerprint density at radius 3 is 3.00 bits per heavy atom. The van der Waals surface area contributed by atoms with E-state index in [-0.39, 0.29) is 6.10 Å². The maximum absolute atomic E-state index is 6.29. The van der Waals surface area contributed by atoms with Crippen LogP contribution in [-0.4, -0.2) is 43.9 Å². The third-order valence-electron chi connectivity index (χ3n) is 6.24. The molecule has 2 aliphatic heterocycles. The zero-order valence-corrected chi connectivity index (χ0v) is 18.3. The maximum atomic E-state index is 6.29. The minimum atomic E-state index is 0.0216. The summed E-state index contributed by atoms with van der Waals surface area (Å²) >= 11 is 0. The van der Waals surface area contributed by atoms with Crippen LogP contribution in [0.4, 0.5) is 5.69 Å². The van der Waals surface area contributed by atoms with E-state index >= 15 is 0 Å². The summed E-state index contributed by atoms with van der Waals surface area (Å²) in [7, 11) is 0. The molecular weight excluding hydrogens is 386 g/mol. The smallest absolute Gasteiger partial charge is 0.171 e. The Bertz CT molecular complexity index is 1050. The van der Waals surface area contributed by atoms with Crippen LogP contribution in [0.2, 0.25) is 0 Å². The first-order valence-corrected chi connectivity index (χ1v) is 11.5. The number of pyridine rings is 1. The van der Waals surface area contributed by atoms with Crippen molar-refractivity contribution in [2.45, 2.75) is 38.7 Å². The van der Waals surface area contributed by atoms with Gasteiger partial charge in [-0.1, -0.05) is 18.2 Å². The van der Waals surface area contributed by atoms with Crippen molar-refractivity contribution in [2.24, 2.45) is 0 Å². The highest BCUT2D eigenvalue weighted by atomic mass is 16.6. The highest BCUT2D eigenvalue weighted by Crippen LogP contribution is 2.38. The van der Waals surface area contributed by atoms with E-state index in [2.05, 4.69) is 45.5 Å². The molecule has 0 spiro atoms. The Kier molecular flexibility index (Phi) is 5.94. The second-order valence-electron chi connectivity index (χ2n) is 8.59. The van der Waals surface area contributed by atoms with Gasteiger partial charge in [-0.15, -0.1) is 0 Å². The summed E-state index contributed by atoms with van der Waals surface area (Å²) in [5.41, 5.74) is 4.90. The van der Waals surface area contributed by atoms with Crippen LogP contribution < -0.4 is 19.7 Å². The minimum Gasteiger partial charge on any atom is -0.486 e. The highest BCUT2D eigenvalue weighted by molar-refractivity contribution is 5.88. The molecule has 31 heavy (non-hydrogen) atoms. The predicted octanol–water partition coefficient (Wildman–Crippen LogP) is 4.51. The zero-order chi connectivity index (χ0) is 21.0. The molecule has 0 unspecified atom stereocenters. The van der Waals surface area contributed by atoms with Crippen molar-refractivity contribution in [3.63, 3.8) is 0 Å². The van der Waals surface area contributed by atoms with Gasteiger partial charge in [-0.2, -0.15) is 0 Å². The van der Waals surface area contributed by atoms with Crippen LogP contribution in [0.15, 0.2) is 48.5 Å². The fourth-order valence-corrected chi connectivity index (χ4v) is 4.64. The largest absolute Gasteiger partial charge is 0.486 e. The normalized spacial score (nSPS) is 17.6. The lowest BCUT2D eigenvalue weighted by Gasteiger charge is -2.31. The first-order valence-electron chi connectivity index (χ1n) is 11.5. The second kappa shape index (κ2) is 9.15. The van der Waals surface area contributed by atoms with Gasteiger partial charge in [0.1, 0.15) is 12.7 Å². The van der Waals surface area contributed by atoms with Crippen molar-refractivity contribution < 1.29 is 9.47 Å². The van der Waals surface area contributed by atoms with E-state index in [1.54, 1.807) is 0 Å². The molecule has 1 atom stereocenters. The van der Waals surface area contributed by atoms with Crippen LogP contribution in [0.5, 0.6) is 11.5 Å². The van der Waals surface area contributed by atoms with Crippen molar-refractivity contribution in [2.75, 3.05) is 37.7 Å². The number of aryl methyl sites for hydroxylation is 2. The van der Waals surface area contributed by atoms with Gasteiger partial charge in [-0.3, -0.25) is 4.98 Å². The number of hydrogen-bond acceptors (Lipinski definition) is 5. The van der Waals surface area contributed by atoms with Gasteiger partial charge >= 0.3 is 0 Å². The minimum absolute atomic E-state index is 0.0216. The van der Waals surface area contributed by atoms with Crippen LogP contribution in [0, 0.1) is 6.92 Å². The van der Waals surface area contributed by atoms with Crippen LogP contribution in [0.25, 0.3) is 10.9 Å². The average molecular weight is 418 g/mol. The van der Waals surface area contributed by atoms with E-state index in [0.29, 0.717) is 6.61 Å². The van der Waals surface area contributed by atoms with E-state index in [4.69, 9.17) is 9.47 Å². The summed E-state index contributed by atoms with van der Waals surface area (Å²) in [6, 6.07) is 16.9. The lowest BCUT2D eigenvalue weighted by atomic mass is 10.0. The number of nitrogens with zero attached hydrogens (tertiary/aromatic N) is 2. The van der Waals surface area contributed by atoms with Gasteiger partial charge in [0.15, 0.2) is 11.5 Å². The maximum Gasteiger partial charge on any atom is 0.171 e. The number of nitrogens with one attached hydrogen (secondary N) is 1. The fraction of sp³-hybridized carbons (Fsp3) is 0.423. The molecule has 0 fully saturated rings. The Labute approximate surface area is 184 Å². The standard InChI is InChI=1S/C26H31N3O2/c1-19-10-11-22-23(28-19)12-13-25-26(22)31-21(18-30-25)17-27-14-4-5-15-29-16-6-8-20-7-2-3-9-24(20)29/h2-3,7,9-13,21,27H,4-6,8,14-18H2,1H3/t21-/m0/s1. The molecule has 0 bridgehead atoms. The Morgan fingerprint density at radius 1 is 1.10 bits per heavy atom. The molecule has 5 nitrogen and oxygen atoms in total. The topological polar surface area (TPSA) is 46.6 Å². The quantitative estimate of drug-likeness (QED) is 0.574. The molecule has 0 saturated heterocycles. The van der Waals surface area contributed by atoms with Crippen LogP contribution in [0.1, 0.15) is 30.5 Å². The van der Waals surface area contributed by atoms with Gasteiger partial charge in [0.2, 0.25) is 0 Å². The van der Waals surface area contributed by atoms with Crippen molar-refractivity contribution in [1.29, 1.82) is 0 Å². The van der Waals surface area contributed by atoms with Gasteiger partial charge < -0.3 is 19.7 Å². The number of ether oxygens (including phenoxy) is 2. The fourth-order valence-electron chi connectivity index (χ4n) is 4.64. The van der Waals surface area contributed by atoms with E-state index in [1.165, 1.54) is 37.1 Å². The number of benzene rings is 2. The molecule has 3 heterocycles. The highest BCUT2D eigenvalue weighted by Gasteiger charge is 2.23. The number of hydrogen-bond donors (Lipinski definition) is 1. The van der Waals surface area contributed by atoms with E-state index in [0.717, 1.165) is 54.2 Å². The summed E-state index contributed by atoms with van der Waals surface area (Å²) in [5.74, 6) is 1.64. The van der Waals surface area contributed by atoms with E-state index < -0.39 is 0 Å². The first-order chi connectivity index (χ1) is 15.3. The van der Waals surface area contributed by atoms with Gasteiger partial charge in [0.05, 0.1) is 5.52 Å². The lowest BCUT2D eigenvalue weighted by molar-refractivity contribution is 0.0925. The molecule has 0 radical (unpaired) electrons. The average Bonchev–Trinajstić information content (AvgIpc) is 2.81. The summed E-state index contributed by atoms with van der Waals surface area (Å²) in [5, 5.41) is 4.58. The van der Waals surface area contributed by atoms with Crippen molar-refractivity contribution in [3.05, 3.63) is 59.8 Å². The molecule has 5 rings (SSSR count). The predicted molar refractivity (Wildman–Crippen MR) is 125 cm³/mol. The Morgan fingerprint density at radius 2 is 2.03 bits per heavy atom. The number of anilines is 1. The van der Waals surface area contributed by atoms with Gasteiger partial charge in [-0.25, -0.2) is 0 Å². The van der Waals surface area contributed by atoms with Crippen LogP contribution >= 0.6 is 0 Å². The van der Waals surface area contributed by atoms with Gasteiger partial charge in [0.25, 0.3) is 0 Å². The molecule has 0 saturated carbocycles. The molecule has 3 aromatic rings. The second-order valence-corrected chi connectivity index (χ2v) is 8.59. The number of unbranched alkanes of at least 4 members (excludes halogenated alkanes) is 1. The molecule has 5 heteroatoms. The van der Waals surface area contributed by atoms with Crippen molar-refractivity contribution in [1.82, 2.24) is 10.3 Å². The summed E-state index contributed by atoms with van der Waals surface area (Å²) in [6.45, 7) is 6.69. The van der Waals surface area contributed by atoms with Crippen LogP contribution in [0.3, 0.4) is 0 Å². The number of fused-ring (bicyclic) bond motifs is 4. The first kappa shape index (κ1) is 20.1. The molecule has 0 aliphatic carbocycles. The Balaban J connectivity index is 1.08. The number of rotatable bonds is 7. The van der Waals surface area contributed by atoms with Gasteiger partial charge in [0, 0.05) is 36.4 Å². The molecule has 2 aliphatic rings. The lowest BCUT2D eigenvalue weighted by Crippen LogP contribution is -2.39. The molecule has 1 aromatic heterocycles. The summed E-state index contributed by atoms with van der Waals surface area (Å²) < 4.78 is 12.3. The number of para-hydroxylation sites is 1. The molecule has 1 N–H and O–H groups in total. The van der Waals surface area contributed by atoms with Crippen molar-refractivity contribution >= 4 is 16.6 Å². The molecular formula is C26H31N3O2. The van der Waals surface area contributed by atoms with Crippen LogP contribution in [-0.2, 0) is 6.42 Å². The molecule has 0 amide bonds. The van der Waals surface area contributed by atoms with E-state index in [9.17, 15) is 0 Å². The van der Waals surface area contributed by atoms with E-state index in [1.807, 2.05) is 25.1 Å². The Hall–Kier alpha value is -2.79. The molecule has 162 valence electrons. The van der Waals surface area contributed by atoms with Gasteiger partial charge in [-0.05, 0) is 75.0 Å². The van der Waals surface area contributed by atoms with Crippen molar-refractivity contribution in [3.8, 4) is 11.5 Å². The third kappa shape index (κ3) is 4.47. The number of aromatic nitrogens is 1. The summed E-state index contributed by atoms with van der Waals surface area (Å²) in [6.07, 6.45) is 4.86. The zero-order valence-electron chi connectivity index (χ0n) is 18.3.